The Morgan fingerprint density at radius 1 is 1.00 bits per heavy atom. The van der Waals surface area contributed by atoms with Gasteiger partial charge in [-0.1, -0.05) is 18.2 Å². The average Bonchev–Trinajstić information content (AvgIpc) is 2.64. The van der Waals surface area contributed by atoms with Crippen molar-refractivity contribution < 1.29 is 14.4 Å². The Morgan fingerprint density at radius 3 is 2.17 bits per heavy atom. The number of nitrogens with zero attached hydrogens (tertiary/aromatic N) is 3. The second-order valence-electron chi connectivity index (χ2n) is 8.37. The summed E-state index contributed by atoms with van der Waals surface area (Å²) in [5.74, 6) is -0.119. The number of benzene rings is 1. The number of hydrogen-bond donors (Lipinski definition) is 2. The van der Waals surface area contributed by atoms with E-state index in [2.05, 4.69) is 15.5 Å². The minimum atomic E-state index is -0.135. The number of aryl methyl sites for hydroxylation is 2. The van der Waals surface area contributed by atoms with Crippen LogP contribution in [0.3, 0.4) is 0 Å². The summed E-state index contributed by atoms with van der Waals surface area (Å²) in [5.41, 5.74) is 2.86. The first-order valence-corrected chi connectivity index (χ1v) is 10.5. The second-order valence-corrected chi connectivity index (χ2v) is 8.37. The van der Waals surface area contributed by atoms with Crippen molar-refractivity contribution in [2.75, 3.05) is 58.2 Å². The SMILES string of the molecule is Cc1cccc(C)c1NC(=O)CN(C)CC(=O)N1CCN(CC(=O)NC(C)C)CC1. The van der Waals surface area contributed by atoms with E-state index in [4.69, 9.17) is 0 Å². The molecule has 1 saturated heterocycles. The fraction of sp³-hybridized carbons (Fsp3) is 0.591. The number of hydrogen-bond acceptors (Lipinski definition) is 5. The molecule has 3 amide bonds. The summed E-state index contributed by atoms with van der Waals surface area (Å²) in [5, 5.41) is 5.84. The van der Waals surface area contributed by atoms with Crippen molar-refractivity contribution in [2.24, 2.45) is 0 Å². The van der Waals surface area contributed by atoms with E-state index in [1.54, 1.807) is 16.8 Å². The molecule has 0 spiro atoms. The minimum Gasteiger partial charge on any atom is -0.353 e. The van der Waals surface area contributed by atoms with E-state index in [0.717, 1.165) is 16.8 Å². The molecule has 1 aromatic rings. The summed E-state index contributed by atoms with van der Waals surface area (Å²) in [4.78, 5) is 42.4. The van der Waals surface area contributed by atoms with Gasteiger partial charge in [-0.15, -0.1) is 0 Å². The predicted molar refractivity (Wildman–Crippen MR) is 118 cm³/mol. The van der Waals surface area contributed by atoms with Gasteiger partial charge in [0.15, 0.2) is 0 Å². The van der Waals surface area contributed by atoms with Crippen molar-refractivity contribution in [3.8, 4) is 0 Å². The Labute approximate surface area is 179 Å². The zero-order valence-corrected chi connectivity index (χ0v) is 18.8. The molecule has 1 aliphatic heterocycles. The number of carbonyl (C=O) groups is 3. The maximum absolute atomic E-state index is 12.6. The Balaban J connectivity index is 1.74. The van der Waals surface area contributed by atoms with Gasteiger partial charge in [-0.3, -0.25) is 24.2 Å². The Kier molecular flexibility index (Phi) is 8.80. The first kappa shape index (κ1) is 23.8. The van der Waals surface area contributed by atoms with Gasteiger partial charge in [-0.05, 0) is 45.9 Å². The molecule has 0 radical (unpaired) electrons. The Bertz CT molecular complexity index is 737. The van der Waals surface area contributed by atoms with Crippen LogP contribution in [0.1, 0.15) is 25.0 Å². The third-order valence-electron chi connectivity index (χ3n) is 5.11. The molecule has 0 aromatic heterocycles. The minimum absolute atomic E-state index is 0.00338. The molecule has 2 rings (SSSR count). The number of anilines is 1. The van der Waals surface area contributed by atoms with Crippen LogP contribution in [0.5, 0.6) is 0 Å². The van der Waals surface area contributed by atoms with Crippen LogP contribution in [0.15, 0.2) is 18.2 Å². The van der Waals surface area contributed by atoms with E-state index in [1.807, 2.05) is 45.9 Å². The van der Waals surface area contributed by atoms with Crippen molar-refractivity contribution in [1.82, 2.24) is 20.0 Å². The van der Waals surface area contributed by atoms with Gasteiger partial charge in [0.2, 0.25) is 17.7 Å². The van der Waals surface area contributed by atoms with Crippen LogP contribution in [-0.4, -0.2) is 91.3 Å². The number of rotatable bonds is 8. The third-order valence-corrected chi connectivity index (χ3v) is 5.11. The number of nitrogens with one attached hydrogen (secondary N) is 2. The van der Waals surface area contributed by atoms with E-state index in [1.165, 1.54) is 0 Å². The molecule has 0 atom stereocenters. The molecule has 166 valence electrons. The fourth-order valence-electron chi connectivity index (χ4n) is 3.55. The summed E-state index contributed by atoms with van der Waals surface area (Å²) in [6.07, 6.45) is 0. The number of piperazine rings is 1. The van der Waals surface area contributed by atoms with E-state index >= 15 is 0 Å². The molecule has 0 bridgehead atoms. The van der Waals surface area contributed by atoms with Crippen LogP contribution in [0.4, 0.5) is 5.69 Å². The van der Waals surface area contributed by atoms with Gasteiger partial charge in [-0.2, -0.15) is 0 Å². The van der Waals surface area contributed by atoms with Gasteiger partial charge < -0.3 is 15.5 Å². The van der Waals surface area contributed by atoms with Gasteiger partial charge in [0.25, 0.3) is 0 Å². The summed E-state index contributed by atoms with van der Waals surface area (Å²) in [6, 6.07) is 6.01. The van der Waals surface area contributed by atoms with E-state index in [9.17, 15) is 14.4 Å². The molecular weight excluding hydrogens is 382 g/mol. The molecule has 8 nitrogen and oxygen atoms in total. The van der Waals surface area contributed by atoms with Crippen molar-refractivity contribution in [3.63, 3.8) is 0 Å². The first-order chi connectivity index (χ1) is 14.2. The van der Waals surface area contributed by atoms with Crippen LogP contribution in [-0.2, 0) is 14.4 Å². The lowest BCUT2D eigenvalue weighted by atomic mass is 10.1. The van der Waals surface area contributed by atoms with Gasteiger partial charge in [0, 0.05) is 37.9 Å². The predicted octanol–water partition coefficient (Wildman–Crippen LogP) is 0.843. The molecule has 0 unspecified atom stereocenters. The Morgan fingerprint density at radius 2 is 1.60 bits per heavy atom. The zero-order chi connectivity index (χ0) is 22.3. The standard InChI is InChI=1S/C22H35N5O3/c1-16(2)23-20(29)14-26-9-11-27(12-10-26)21(30)15-25(5)13-19(28)24-22-17(3)7-6-8-18(22)4/h6-8,16H,9-15H2,1-5H3,(H,23,29)(H,24,28). The number of para-hydroxylation sites is 1. The molecule has 2 N–H and O–H groups in total. The van der Waals surface area contributed by atoms with Gasteiger partial charge in [0.1, 0.15) is 0 Å². The van der Waals surface area contributed by atoms with E-state index < -0.39 is 0 Å². The summed E-state index contributed by atoms with van der Waals surface area (Å²) < 4.78 is 0. The zero-order valence-electron chi connectivity index (χ0n) is 18.8. The lowest BCUT2D eigenvalue weighted by Gasteiger charge is -2.35. The lowest BCUT2D eigenvalue weighted by Crippen LogP contribution is -2.53. The van der Waals surface area contributed by atoms with E-state index in [0.29, 0.717) is 32.7 Å². The van der Waals surface area contributed by atoms with Crippen LogP contribution in [0.25, 0.3) is 0 Å². The second kappa shape index (κ2) is 11.1. The van der Waals surface area contributed by atoms with Gasteiger partial charge >= 0.3 is 0 Å². The summed E-state index contributed by atoms with van der Waals surface area (Å²) in [6.45, 7) is 11.0. The Hall–Kier alpha value is -2.45. The molecule has 8 heteroatoms. The molecule has 30 heavy (non-hydrogen) atoms. The van der Waals surface area contributed by atoms with Crippen LogP contribution < -0.4 is 10.6 Å². The molecule has 0 saturated carbocycles. The molecule has 1 fully saturated rings. The average molecular weight is 418 g/mol. The number of amides is 3. The van der Waals surface area contributed by atoms with Crippen molar-refractivity contribution in [1.29, 1.82) is 0 Å². The maximum atomic E-state index is 12.6. The quantitative estimate of drug-likeness (QED) is 0.655. The molecular formula is C22H35N5O3. The van der Waals surface area contributed by atoms with Crippen molar-refractivity contribution in [2.45, 2.75) is 33.7 Å². The van der Waals surface area contributed by atoms with Gasteiger partial charge in [-0.25, -0.2) is 0 Å². The van der Waals surface area contributed by atoms with E-state index in [-0.39, 0.29) is 36.9 Å². The van der Waals surface area contributed by atoms with Crippen molar-refractivity contribution in [3.05, 3.63) is 29.3 Å². The maximum Gasteiger partial charge on any atom is 0.238 e. The van der Waals surface area contributed by atoms with Gasteiger partial charge in [0.05, 0.1) is 19.6 Å². The third kappa shape index (κ3) is 7.42. The molecule has 1 aromatic carbocycles. The largest absolute Gasteiger partial charge is 0.353 e. The molecule has 0 aliphatic carbocycles. The van der Waals surface area contributed by atoms with Crippen LogP contribution in [0.2, 0.25) is 0 Å². The smallest absolute Gasteiger partial charge is 0.238 e. The number of carbonyl (C=O) groups excluding carboxylic acids is 3. The van der Waals surface area contributed by atoms with Crippen LogP contribution >= 0.6 is 0 Å². The van der Waals surface area contributed by atoms with Crippen LogP contribution in [0, 0.1) is 13.8 Å². The highest BCUT2D eigenvalue weighted by atomic mass is 16.2. The fourth-order valence-corrected chi connectivity index (χ4v) is 3.55. The first-order valence-electron chi connectivity index (χ1n) is 10.5. The topological polar surface area (TPSA) is 85.0 Å². The molecule has 1 aliphatic rings. The van der Waals surface area contributed by atoms with Crippen molar-refractivity contribution >= 4 is 23.4 Å². The summed E-state index contributed by atoms with van der Waals surface area (Å²) in [7, 11) is 1.77. The highest BCUT2D eigenvalue weighted by molar-refractivity contribution is 5.94. The molecule has 1 heterocycles. The monoisotopic (exact) mass is 417 g/mol. The normalized spacial score (nSPS) is 14.8. The lowest BCUT2D eigenvalue weighted by molar-refractivity contribution is -0.134. The number of likely N-dealkylation sites (N-methyl/N-ethyl adjacent to an activating group) is 1. The highest BCUT2D eigenvalue weighted by Crippen LogP contribution is 2.19. The highest BCUT2D eigenvalue weighted by Gasteiger charge is 2.23. The summed E-state index contributed by atoms with van der Waals surface area (Å²) >= 11 is 0.